The SMILES string of the molecule is COc1ccccc1NC(=O)COc1ccc(/C=C2/C(=O)NC(=O)N(c3ccc(Cl)c(Cl)c3)C2=O)cc1Cl. The van der Waals surface area contributed by atoms with Gasteiger partial charge in [0.1, 0.15) is 17.1 Å². The van der Waals surface area contributed by atoms with Gasteiger partial charge < -0.3 is 14.8 Å². The van der Waals surface area contributed by atoms with Crippen LogP contribution < -0.4 is 25.0 Å². The number of nitrogens with one attached hydrogen (secondary N) is 2. The molecule has 0 radical (unpaired) electrons. The Morgan fingerprint density at radius 2 is 1.71 bits per heavy atom. The number of carbonyl (C=O) groups excluding carboxylic acids is 4. The summed E-state index contributed by atoms with van der Waals surface area (Å²) >= 11 is 18.2. The minimum absolute atomic E-state index is 0.130. The van der Waals surface area contributed by atoms with Crippen molar-refractivity contribution in [3.63, 3.8) is 0 Å². The Morgan fingerprint density at radius 3 is 2.42 bits per heavy atom. The molecule has 1 saturated heterocycles. The number of carbonyl (C=O) groups is 4. The molecule has 4 rings (SSSR count). The Kier molecular flexibility index (Phi) is 8.21. The third-order valence-electron chi connectivity index (χ3n) is 5.27. The number of imide groups is 2. The second-order valence-electron chi connectivity index (χ2n) is 7.78. The van der Waals surface area contributed by atoms with Crippen molar-refractivity contribution in [1.29, 1.82) is 0 Å². The first-order valence-electron chi connectivity index (χ1n) is 10.9. The quantitative estimate of drug-likeness (QED) is 0.291. The molecule has 0 aliphatic carbocycles. The summed E-state index contributed by atoms with van der Waals surface area (Å²) in [6.07, 6.45) is 1.28. The number of methoxy groups -OCH3 is 1. The van der Waals surface area contributed by atoms with Gasteiger partial charge in [0.05, 0.1) is 33.6 Å². The molecule has 2 N–H and O–H groups in total. The standard InChI is InChI=1S/C26H18Cl3N3O6/c1-37-22-5-3-2-4-20(22)30-23(33)13-38-21-9-6-14(11-19(21)29)10-16-24(34)31-26(36)32(25(16)35)15-7-8-17(27)18(28)12-15/h2-12H,13H2,1H3,(H,30,33)(H,31,34,36)/b16-10-. The van der Waals surface area contributed by atoms with Crippen LogP contribution in [0.2, 0.25) is 15.1 Å². The van der Waals surface area contributed by atoms with Gasteiger partial charge in [-0.05, 0) is 54.1 Å². The number of ether oxygens (including phenoxy) is 2. The highest BCUT2D eigenvalue weighted by molar-refractivity contribution is 6.43. The highest BCUT2D eigenvalue weighted by Gasteiger charge is 2.37. The first kappa shape index (κ1) is 27.0. The second-order valence-corrected chi connectivity index (χ2v) is 9.00. The summed E-state index contributed by atoms with van der Waals surface area (Å²) in [6.45, 7) is -0.334. The summed E-state index contributed by atoms with van der Waals surface area (Å²) in [6, 6.07) is 14.6. The molecule has 3 aromatic rings. The topological polar surface area (TPSA) is 114 Å². The van der Waals surface area contributed by atoms with Crippen molar-refractivity contribution in [2.45, 2.75) is 0 Å². The van der Waals surface area contributed by atoms with Crippen molar-refractivity contribution in [1.82, 2.24) is 5.32 Å². The van der Waals surface area contributed by atoms with Crippen molar-refractivity contribution in [2.24, 2.45) is 0 Å². The number of para-hydroxylation sites is 2. The number of benzene rings is 3. The molecule has 0 spiro atoms. The molecule has 0 saturated carbocycles. The van der Waals surface area contributed by atoms with Crippen LogP contribution in [-0.2, 0) is 14.4 Å². The lowest BCUT2D eigenvalue weighted by Crippen LogP contribution is -2.54. The Morgan fingerprint density at radius 1 is 0.947 bits per heavy atom. The average Bonchev–Trinajstić information content (AvgIpc) is 2.88. The van der Waals surface area contributed by atoms with E-state index in [0.29, 0.717) is 17.0 Å². The van der Waals surface area contributed by atoms with Crippen LogP contribution in [-0.4, -0.2) is 37.5 Å². The number of rotatable bonds is 7. The molecule has 0 aromatic heterocycles. The van der Waals surface area contributed by atoms with Gasteiger partial charge in [0, 0.05) is 0 Å². The molecule has 3 aromatic carbocycles. The van der Waals surface area contributed by atoms with E-state index in [1.807, 2.05) is 0 Å². The molecular formula is C26H18Cl3N3O6. The number of hydrogen-bond donors (Lipinski definition) is 2. The van der Waals surface area contributed by atoms with Gasteiger partial charge in [0.2, 0.25) is 0 Å². The van der Waals surface area contributed by atoms with Crippen LogP contribution in [0, 0.1) is 0 Å². The first-order chi connectivity index (χ1) is 18.2. The lowest BCUT2D eigenvalue weighted by atomic mass is 10.1. The van der Waals surface area contributed by atoms with Crippen molar-refractivity contribution in [3.8, 4) is 11.5 Å². The van der Waals surface area contributed by atoms with Crippen LogP contribution >= 0.6 is 34.8 Å². The van der Waals surface area contributed by atoms with Crippen LogP contribution in [0.5, 0.6) is 11.5 Å². The minimum atomic E-state index is -0.927. The summed E-state index contributed by atoms with van der Waals surface area (Å²) < 4.78 is 10.7. The van der Waals surface area contributed by atoms with Gasteiger partial charge in [-0.3, -0.25) is 19.7 Å². The van der Waals surface area contributed by atoms with Crippen LogP contribution in [0.3, 0.4) is 0 Å². The fourth-order valence-corrected chi connectivity index (χ4v) is 4.02. The van der Waals surface area contributed by atoms with Gasteiger partial charge in [0.15, 0.2) is 6.61 Å². The van der Waals surface area contributed by atoms with Crippen LogP contribution in [0.1, 0.15) is 5.56 Å². The lowest BCUT2D eigenvalue weighted by Gasteiger charge is -2.26. The normalized spacial score (nSPS) is 14.4. The van der Waals surface area contributed by atoms with Gasteiger partial charge >= 0.3 is 6.03 Å². The van der Waals surface area contributed by atoms with E-state index in [-0.39, 0.29) is 38.7 Å². The highest BCUT2D eigenvalue weighted by atomic mass is 35.5. The van der Waals surface area contributed by atoms with E-state index < -0.39 is 23.8 Å². The van der Waals surface area contributed by atoms with E-state index in [4.69, 9.17) is 44.3 Å². The molecule has 1 aliphatic heterocycles. The fourth-order valence-electron chi connectivity index (χ4n) is 3.48. The molecule has 1 aliphatic rings. The average molecular weight is 575 g/mol. The van der Waals surface area contributed by atoms with Crippen molar-refractivity contribution < 1.29 is 28.7 Å². The van der Waals surface area contributed by atoms with Crippen molar-refractivity contribution >= 4 is 76.0 Å². The van der Waals surface area contributed by atoms with Gasteiger partial charge in [-0.15, -0.1) is 0 Å². The number of hydrogen-bond acceptors (Lipinski definition) is 6. The van der Waals surface area contributed by atoms with E-state index in [0.717, 1.165) is 4.90 Å². The van der Waals surface area contributed by atoms with E-state index >= 15 is 0 Å². The molecule has 0 bridgehead atoms. The van der Waals surface area contributed by atoms with Gasteiger partial charge in [-0.25, -0.2) is 9.69 Å². The molecule has 5 amide bonds. The van der Waals surface area contributed by atoms with E-state index in [2.05, 4.69) is 10.6 Å². The Hall–Kier alpha value is -4.05. The van der Waals surface area contributed by atoms with Gasteiger partial charge in [-0.2, -0.15) is 0 Å². The van der Waals surface area contributed by atoms with Crippen LogP contribution in [0.15, 0.2) is 66.2 Å². The summed E-state index contributed by atoms with van der Waals surface area (Å²) in [5, 5.41) is 5.30. The molecule has 12 heteroatoms. The maximum atomic E-state index is 13.1. The van der Waals surface area contributed by atoms with Gasteiger partial charge in [-0.1, -0.05) is 53.0 Å². The van der Waals surface area contributed by atoms with Crippen molar-refractivity contribution in [3.05, 3.63) is 86.9 Å². The number of barbiturate groups is 1. The summed E-state index contributed by atoms with van der Waals surface area (Å²) in [4.78, 5) is 51.0. The number of nitrogens with zero attached hydrogens (tertiary/aromatic N) is 1. The molecule has 9 nitrogen and oxygen atoms in total. The molecular weight excluding hydrogens is 557 g/mol. The Labute approximate surface area is 231 Å². The second kappa shape index (κ2) is 11.6. The number of amides is 5. The number of anilines is 2. The third-order valence-corrected chi connectivity index (χ3v) is 6.30. The van der Waals surface area contributed by atoms with E-state index in [1.54, 1.807) is 24.3 Å². The summed E-state index contributed by atoms with van der Waals surface area (Å²) in [5.74, 6) is -1.47. The zero-order chi connectivity index (χ0) is 27.4. The molecule has 1 heterocycles. The summed E-state index contributed by atoms with van der Waals surface area (Å²) in [7, 11) is 1.49. The first-order valence-corrected chi connectivity index (χ1v) is 12.0. The zero-order valence-corrected chi connectivity index (χ0v) is 21.9. The number of halogens is 3. The monoisotopic (exact) mass is 573 g/mol. The van der Waals surface area contributed by atoms with Crippen LogP contribution in [0.25, 0.3) is 6.08 Å². The maximum Gasteiger partial charge on any atom is 0.335 e. The van der Waals surface area contributed by atoms with Crippen LogP contribution in [0.4, 0.5) is 16.2 Å². The predicted molar refractivity (Wildman–Crippen MR) is 144 cm³/mol. The highest BCUT2D eigenvalue weighted by Crippen LogP contribution is 2.31. The molecule has 0 atom stereocenters. The molecule has 0 unspecified atom stereocenters. The van der Waals surface area contributed by atoms with Gasteiger partial charge in [0.25, 0.3) is 17.7 Å². The van der Waals surface area contributed by atoms with Crippen molar-refractivity contribution in [2.75, 3.05) is 23.9 Å². The minimum Gasteiger partial charge on any atom is -0.495 e. The molecule has 38 heavy (non-hydrogen) atoms. The maximum absolute atomic E-state index is 13.1. The zero-order valence-electron chi connectivity index (χ0n) is 19.6. The van der Waals surface area contributed by atoms with E-state index in [1.165, 1.54) is 49.6 Å². The third kappa shape index (κ3) is 5.91. The largest absolute Gasteiger partial charge is 0.495 e. The molecule has 1 fully saturated rings. The smallest absolute Gasteiger partial charge is 0.335 e. The molecule has 194 valence electrons. The number of urea groups is 1. The van der Waals surface area contributed by atoms with E-state index in [9.17, 15) is 19.2 Å². The Balaban J connectivity index is 1.48. The Bertz CT molecular complexity index is 1490. The summed E-state index contributed by atoms with van der Waals surface area (Å²) in [5.41, 5.74) is 0.688. The predicted octanol–water partition coefficient (Wildman–Crippen LogP) is 5.34. The fraction of sp³-hybridized carbons (Fsp3) is 0.0769. The lowest BCUT2D eigenvalue weighted by molar-refractivity contribution is -0.122.